The normalized spacial score (nSPS) is 13.8. The Morgan fingerprint density at radius 2 is 1.50 bits per heavy atom. The van der Waals surface area contributed by atoms with Gasteiger partial charge in [-0.05, 0) is 61.4 Å². The van der Waals surface area contributed by atoms with E-state index in [9.17, 15) is 9.59 Å². The molecule has 1 saturated heterocycles. The van der Waals surface area contributed by atoms with E-state index in [2.05, 4.69) is 0 Å². The van der Waals surface area contributed by atoms with Crippen LogP contribution in [0.3, 0.4) is 0 Å². The predicted molar refractivity (Wildman–Crippen MR) is 124 cm³/mol. The van der Waals surface area contributed by atoms with Gasteiger partial charge in [-0.15, -0.1) is 0 Å². The Morgan fingerprint density at radius 1 is 0.844 bits per heavy atom. The lowest BCUT2D eigenvalue weighted by Crippen LogP contribution is -2.50. The van der Waals surface area contributed by atoms with Gasteiger partial charge in [0.2, 0.25) is 5.91 Å². The molecule has 0 saturated carbocycles. The van der Waals surface area contributed by atoms with Crippen LogP contribution in [0.4, 0.5) is 0 Å². The van der Waals surface area contributed by atoms with Gasteiger partial charge in [0.1, 0.15) is 5.75 Å². The molecule has 0 radical (unpaired) electrons. The van der Waals surface area contributed by atoms with Crippen molar-refractivity contribution in [2.24, 2.45) is 0 Å². The van der Waals surface area contributed by atoms with E-state index in [4.69, 9.17) is 4.74 Å². The zero-order chi connectivity index (χ0) is 22.3. The quantitative estimate of drug-likeness (QED) is 0.533. The zero-order valence-corrected chi connectivity index (χ0v) is 18.4. The van der Waals surface area contributed by atoms with Crippen LogP contribution >= 0.6 is 0 Å². The van der Waals surface area contributed by atoms with E-state index < -0.39 is 0 Å². The minimum Gasteiger partial charge on any atom is -0.493 e. The molecule has 2 heterocycles. The van der Waals surface area contributed by atoms with Crippen molar-refractivity contribution < 1.29 is 14.3 Å². The molecule has 166 valence electrons. The largest absolute Gasteiger partial charge is 0.493 e. The fourth-order valence-corrected chi connectivity index (χ4v) is 3.91. The second-order valence-corrected chi connectivity index (χ2v) is 8.03. The predicted octanol–water partition coefficient (Wildman–Crippen LogP) is 3.93. The average Bonchev–Trinajstić information content (AvgIpc) is 3.37. The lowest BCUT2D eigenvalue weighted by Gasteiger charge is -2.35. The van der Waals surface area contributed by atoms with Crippen LogP contribution in [0.15, 0.2) is 73.1 Å². The number of carbonyl (C=O) groups is 2. The topological polar surface area (TPSA) is 54.8 Å². The molecule has 2 amide bonds. The number of benzene rings is 2. The van der Waals surface area contributed by atoms with Crippen molar-refractivity contribution >= 4 is 11.8 Å². The van der Waals surface area contributed by atoms with Crippen molar-refractivity contribution in [3.05, 3.63) is 84.2 Å². The van der Waals surface area contributed by atoms with Gasteiger partial charge in [-0.25, -0.2) is 0 Å². The third kappa shape index (κ3) is 5.19. The number of hydrogen-bond acceptors (Lipinski definition) is 3. The van der Waals surface area contributed by atoms with Gasteiger partial charge in [0.05, 0.1) is 6.61 Å². The highest BCUT2D eigenvalue weighted by Crippen LogP contribution is 2.17. The molecule has 3 aromatic rings. The monoisotopic (exact) mass is 431 g/mol. The lowest BCUT2D eigenvalue weighted by atomic mass is 10.1. The summed E-state index contributed by atoms with van der Waals surface area (Å²) in [7, 11) is 0. The summed E-state index contributed by atoms with van der Waals surface area (Å²) in [5.41, 5.74) is 2.79. The number of ether oxygens (including phenoxy) is 1. The van der Waals surface area contributed by atoms with E-state index in [1.807, 2.05) is 94.3 Å². The first kappa shape index (κ1) is 21.7. The molecule has 1 aromatic heterocycles. The minimum absolute atomic E-state index is 0.0165. The molecule has 4 rings (SSSR count). The molecule has 1 aliphatic heterocycles. The molecule has 0 unspecified atom stereocenters. The molecular weight excluding hydrogens is 402 g/mol. The lowest BCUT2D eigenvalue weighted by molar-refractivity contribution is -0.132. The van der Waals surface area contributed by atoms with Crippen LogP contribution in [0.5, 0.6) is 5.75 Å². The highest BCUT2D eigenvalue weighted by Gasteiger charge is 2.24. The summed E-state index contributed by atoms with van der Waals surface area (Å²) in [6.45, 7) is 4.80. The fourth-order valence-electron chi connectivity index (χ4n) is 3.91. The van der Waals surface area contributed by atoms with E-state index in [1.165, 1.54) is 0 Å². The van der Waals surface area contributed by atoms with Crippen molar-refractivity contribution in [2.45, 2.75) is 19.8 Å². The standard InChI is InChI=1S/C26H29N3O3/c1-21-7-2-3-8-24(21)32-20-6-9-25(30)28-16-18-29(19-17-28)26(31)22-10-12-23(13-11-22)27-14-4-5-15-27/h2-5,7-8,10-15H,6,9,16-20H2,1H3. The molecule has 0 bridgehead atoms. The smallest absolute Gasteiger partial charge is 0.253 e. The van der Waals surface area contributed by atoms with Gasteiger partial charge in [-0.1, -0.05) is 18.2 Å². The minimum atomic E-state index is 0.0165. The molecular formula is C26H29N3O3. The molecule has 2 aromatic carbocycles. The first-order valence-electron chi connectivity index (χ1n) is 11.1. The number of carbonyl (C=O) groups excluding carboxylic acids is 2. The van der Waals surface area contributed by atoms with Gasteiger partial charge in [0.15, 0.2) is 0 Å². The van der Waals surface area contributed by atoms with Crippen molar-refractivity contribution in [1.82, 2.24) is 14.4 Å². The molecule has 1 aliphatic rings. The highest BCUT2D eigenvalue weighted by molar-refractivity contribution is 5.94. The van der Waals surface area contributed by atoms with Gasteiger partial charge >= 0.3 is 0 Å². The van der Waals surface area contributed by atoms with Crippen LogP contribution in [0.1, 0.15) is 28.8 Å². The molecule has 6 heteroatoms. The van der Waals surface area contributed by atoms with E-state index in [-0.39, 0.29) is 11.8 Å². The number of amides is 2. The molecule has 0 atom stereocenters. The molecule has 0 N–H and O–H groups in total. The van der Waals surface area contributed by atoms with Gasteiger partial charge in [-0.3, -0.25) is 9.59 Å². The number of hydrogen-bond donors (Lipinski definition) is 0. The third-order valence-corrected chi connectivity index (χ3v) is 5.82. The third-order valence-electron chi connectivity index (χ3n) is 5.82. The Morgan fingerprint density at radius 3 is 2.19 bits per heavy atom. The van der Waals surface area contributed by atoms with E-state index in [1.54, 1.807) is 0 Å². The van der Waals surface area contributed by atoms with Crippen LogP contribution in [-0.2, 0) is 4.79 Å². The number of nitrogens with zero attached hydrogens (tertiary/aromatic N) is 3. The van der Waals surface area contributed by atoms with Crippen molar-refractivity contribution in [3.63, 3.8) is 0 Å². The van der Waals surface area contributed by atoms with Gasteiger partial charge in [-0.2, -0.15) is 0 Å². The molecule has 6 nitrogen and oxygen atoms in total. The van der Waals surface area contributed by atoms with Crippen LogP contribution < -0.4 is 4.74 Å². The molecule has 32 heavy (non-hydrogen) atoms. The first-order chi connectivity index (χ1) is 15.6. The van der Waals surface area contributed by atoms with E-state index >= 15 is 0 Å². The second kappa shape index (κ2) is 10.2. The SMILES string of the molecule is Cc1ccccc1OCCCC(=O)N1CCN(C(=O)c2ccc(-n3cccc3)cc2)CC1. The number of aryl methyl sites for hydroxylation is 1. The average molecular weight is 432 g/mol. The number of piperazine rings is 1. The van der Waals surface area contributed by atoms with Gasteiger partial charge in [0.25, 0.3) is 5.91 Å². The Balaban J connectivity index is 1.21. The second-order valence-electron chi connectivity index (χ2n) is 8.03. The van der Waals surface area contributed by atoms with Crippen LogP contribution in [0, 0.1) is 6.92 Å². The maximum absolute atomic E-state index is 12.8. The van der Waals surface area contributed by atoms with Crippen molar-refractivity contribution in [3.8, 4) is 11.4 Å². The van der Waals surface area contributed by atoms with E-state index in [0.717, 1.165) is 17.0 Å². The summed E-state index contributed by atoms with van der Waals surface area (Å²) in [6.07, 6.45) is 5.09. The molecule has 0 aliphatic carbocycles. The number of para-hydroxylation sites is 1. The Labute approximate surface area is 189 Å². The number of rotatable bonds is 7. The highest BCUT2D eigenvalue weighted by atomic mass is 16.5. The van der Waals surface area contributed by atoms with Crippen LogP contribution in [-0.4, -0.2) is 59.0 Å². The summed E-state index contributed by atoms with van der Waals surface area (Å²) in [5, 5.41) is 0. The maximum Gasteiger partial charge on any atom is 0.253 e. The van der Waals surface area contributed by atoms with Crippen LogP contribution in [0.25, 0.3) is 5.69 Å². The fraction of sp³-hybridized carbons (Fsp3) is 0.308. The Hall–Kier alpha value is -3.54. The Kier molecular flexibility index (Phi) is 6.90. The molecule has 1 fully saturated rings. The summed E-state index contributed by atoms with van der Waals surface area (Å²) in [6, 6.07) is 19.5. The summed E-state index contributed by atoms with van der Waals surface area (Å²) in [5.74, 6) is 1.01. The zero-order valence-electron chi connectivity index (χ0n) is 18.4. The summed E-state index contributed by atoms with van der Waals surface area (Å²) >= 11 is 0. The summed E-state index contributed by atoms with van der Waals surface area (Å²) < 4.78 is 7.78. The summed E-state index contributed by atoms with van der Waals surface area (Å²) in [4.78, 5) is 29.1. The van der Waals surface area contributed by atoms with E-state index in [0.29, 0.717) is 51.2 Å². The Bertz CT molecular complexity index is 1040. The van der Waals surface area contributed by atoms with Gasteiger partial charge < -0.3 is 19.1 Å². The molecule has 0 spiro atoms. The number of aromatic nitrogens is 1. The first-order valence-corrected chi connectivity index (χ1v) is 11.1. The maximum atomic E-state index is 12.8. The van der Waals surface area contributed by atoms with Crippen molar-refractivity contribution in [2.75, 3.05) is 32.8 Å². The van der Waals surface area contributed by atoms with Crippen LogP contribution in [0.2, 0.25) is 0 Å². The van der Waals surface area contributed by atoms with Gasteiger partial charge in [0, 0.05) is 56.2 Å². The van der Waals surface area contributed by atoms with Crippen molar-refractivity contribution in [1.29, 1.82) is 0 Å².